The van der Waals surface area contributed by atoms with Gasteiger partial charge in [-0.05, 0) is 12.1 Å². The molecule has 8 heteroatoms. The molecule has 0 aliphatic heterocycles. The summed E-state index contributed by atoms with van der Waals surface area (Å²) in [6.07, 6.45) is 0. The van der Waals surface area contributed by atoms with Gasteiger partial charge in [-0.3, -0.25) is 5.01 Å². The number of hydrogen-bond donors (Lipinski definition) is 0. The van der Waals surface area contributed by atoms with E-state index >= 15 is 0 Å². The van der Waals surface area contributed by atoms with Crippen LogP contribution in [0.1, 0.15) is 0 Å². The molecule has 0 aliphatic carbocycles. The van der Waals surface area contributed by atoms with Gasteiger partial charge in [0.25, 0.3) is 0 Å². The second-order valence-electron chi connectivity index (χ2n) is 4.12. The Morgan fingerprint density at radius 2 is 1.65 bits per heavy atom. The molecule has 20 heavy (non-hydrogen) atoms. The summed E-state index contributed by atoms with van der Waals surface area (Å²) in [6.45, 7) is 0. The maximum atomic E-state index is 11.2. The molecule has 0 aliphatic rings. The van der Waals surface area contributed by atoms with Crippen molar-refractivity contribution in [1.82, 2.24) is 5.01 Å². The van der Waals surface area contributed by atoms with Crippen molar-refractivity contribution in [2.75, 3.05) is 14.1 Å². The van der Waals surface area contributed by atoms with E-state index in [2.05, 4.69) is 10.3 Å². The van der Waals surface area contributed by atoms with Crippen molar-refractivity contribution < 1.29 is 64.4 Å². The SMILES string of the molecule is CN(C)N=Nc1ccc(S(=O)(=O)[O-])c2ccccc12.[K+]. The summed E-state index contributed by atoms with van der Waals surface area (Å²) in [5.41, 5.74) is 0.511. The van der Waals surface area contributed by atoms with E-state index in [1.165, 1.54) is 17.1 Å². The van der Waals surface area contributed by atoms with Crippen molar-refractivity contribution in [3.8, 4) is 0 Å². The zero-order valence-electron chi connectivity index (χ0n) is 11.4. The summed E-state index contributed by atoms with van der Waals surface area (Å²) in [4.78, 5) is -0.244. The Balaban J connectivity index is 0.00000200. The Kier molecular flexibility index (Phi) is 6.26. The van der Waals surface area contributed by atoms with E-state index in [1.54, 1.807) is 38.4 Å². The quantitative estimate of drug-likeness (QED) is 0.324. The van der Waals surface area contributed by atoms with Crippen LogP contribution >= 0.6 is 0 Å². The molecule has 2 aromatic rings. The van der Waals surface area contributed by atoms with Gasteiger partial charge >= 0.3 is 51.4 Å². The van der Waals surface area contributed by atoms with Gasteiger partial charge in [-0.1, -0.05) is 29.5 Å². The first-order valence-electron chi connectivity index (χ1n) is 5.46. The molecule has 0 heterocycles. The minimum absolute atomic E-state index is 0. The van der Waals surface area contributed by atoms with Gasteiger partial charge in [-0.15, -0.1) is 5.11 Å². The Bertz CT molecular complexity index is 745. The molecule has 2 rings (SSSR count). The van der Waals surface area contributed by atoms with Gasteiger partial charge in [0.05, 0.1) is 10.6 Å². The largest absolute Gasteiger partial charge is 1.00 e. The minimum Gasteiger partial charge on any atom is -0.744 e. The molecular formula is C12H12KN3O3S. The third kappa shape index (κ3) is 4.07. The van der Waals surface area contributed by atoms with Crippen molar-refractivity contribution >= 4 is 26.6 Å². The maximum absolute atomic E-state index is 11.2. The maximum Gasteiger partial charge on any atom is 1.00 e. The van der Waals surface area contributed by atoms with Crippen LogP contribution in [0.15, 0.2) is 51.6 Å². The fourth-order valence-corrected chi connectivity index (χ4v) is 2.38. The molecule has 0 spiro atoms. The number of fused-ring (bicyclic) bond motifs is 1. The van der Waals surface area contributed by atoms with Crippen LogP contribution in [0.2, 0.25) is 0 Å². The molecule has 0 aromatic heterocycles. The van der Waals surface area contributed by atoms with Crippen LogP contribution in [-0.4, -0.2) is 32.1 Å². The Morgan fingerprint density at radius 1 is 1.05 bits per heavy atom. The number of benzene rings is 2. The fraction of sp³-hybridized carbons (Fsp3) is 0.167. The van der Waals surface area contributed by atoms with E-state index in [0.717, 1.165) is 0 Å². The molecule has 0 fully saturated rings. The summed E-state index contributed by atoms with van der Waals surface area (Å²) >= 11 is 0. The molecule has 0 atom stereocenters. The van der Waals surface area contributed by atoms with Crippen LogP contribution in [0.5, 0.6) is 0 Å². The zero-order chi connectivity index (χ0) is 14.0. The molecule has 2 aromatic carbocycles. The average Bonchev–Trinajstić information content (AvgIpc) is 2.34. The van der Waals surface area contributed by atoms with Crippen molar-refractivity contribution in [1.29, 1.82) is 0 Å². The second-order valence-corrected chi connectivity index (χ2v) is 5.47. The summed E-state index contributed by atoms with van der Waals surface area (Å²) in [5.74, 6) is 0. The van der Waals surface area contributed by atoms with Crippen molar-refractivity contribution in [3.05, 3.63) is 36.4 Å². The Hall–Kier alpha value is -0.354. The van der Waals surface area contributed by atoms with Crippen LogP contribution in [0, 0.1) is 0 Å². The molecule has 0 N–H and O–H groups in total. The Labute approximate surface area is 160 Å². The van der Waals surface area contributed by atoms with Crippen LogP contribution < -0.4 is 51.4 Å². The van der Waals surface area contributed by atoms with Gasteiger partial charge in [0.2, 0.25) is 0 Å². The topological polar surface area (TPSA) is 85.2 Å². The van der Waals surface area contributed by atoms with E-state index in [9.17, 15) is 13.0 Å². The summed E-state index contributed by atoms with van der Waals surface area (Å²) in [7, 11) is -1.06. The minimum atomic E-state index is -4.51. The van der Waals surface area contributed by atoms with Gasteiger partial charge < -0.3 is 4.55 Å². The summed E-state index contributed by atoms with van der Waals surface area (Å²) < 4.78 is 33.6. The predicted octanol–water partition coefficient (Wildman–Crippen LogP) is -0.692. The molecule has 0 saturated heterocycles. The van der Waals surface area contributed by atoms with Crippen molar-refractivity contribution in [2.45, 2.75) is 4.90 Å². The summed E-state index contributed by atoms with van der Waals surface area (Å²) in [5, 5.41) is 10.3. The van der Waals surface area contributed by atoms with E-state index in [0.29, 0.717) is 16.5 Å². The van der Waals surface area contributed by atoms with Gasteiger partial charge in [-0.25, -0.2) is 8.42 Å². The normalized spacial score (nSPS) is 11.6. The van der Waals surface area contributed by atoms with Crippen molar-refractivity contribution in [2.24, 2.45) is 10.3 Å². The number of hydrogen-bond acceptors (Lipinski definition) is 5. The smallest absolute Gasteiger partial charge is 0.744 e. The molecule has 6 nitrogen and oxygen atoms in total. The molecule has 100 valence electrons. The average molecular weight is 317 g/mol. The predicted molar refractivity (Wildman–Crippen MR) is 70.1 cm³/mol. The molecule has 0 saturated carbocycles. The molecule has 0 amide bonds. The van der Waals surface area contributed by atoms with E-state index in [4.69, 9.17) is 0 Å². The van der Waals surface area contributed by atoms with Gasteiger partial charge in [-0.2, -0.15) is 0 Å². The number of rotatable bonds is 3. The van der Waals surface area contributed by atoms with E-state index in [1.807, 2.05) is 0 Å². The first-order valence-corrected chi connectivity index (χ1v) is 6.87. The van der Waals surface area contributed by atoms with Crippen LogP contribution in [0.25, 0.3) is 10.8 Å². The molecule has 0 unspecified atom stereocenters. The first-order chi connectivity index (χ1) is 8.89. The monoisotopic (exact) mass is 317 g/mol. The van der Waals surface area contributed by atoms with E-state index in [-0.39, 0.29) is 56.3 Å². The number of nitrogens with zero attached hydrogens (tertiary/aromatic N) is 3. The molecule has 0 radical (unpaired) electrons. The van der Waals surface area contributed by atoms with Crippen LogP contribution in [0.3, 0.4) is 0 Å². The van der Waals surface area contributed by atoms with Crippen LogP contribution in [0.4, 0.5) is 5.69 Å². The second kappa shape index (κ2) is 7.08. The van der Waals surface area contributed by atoms with E-state index < -0.39 is 10.1 Å². The standard InChI is InChI=1S/C12H13N3O3S.K/c1-15(2)14-13-11-7-8-12(19(16,17)18)10-6-4-3-5-9(10)11;/h3-8H,1-2H3,(H,16,17,18);/q;+1/p-1. The van der Waals surface area contributed by atoms with Crippen molar-refractivity contribution in [3.63, 3.8) is 0 Å². The van der Waals surface area contributed by atoms with Gasteiger partial charge in [0, 0.05) is 24.9 Å². The van der Waals surface area contributed by atoms with Crippen LogP contribution in [-0.2, 0) is 10.1 Å². The van der Waals surface area contributed by atoms with Gasteiger partial charge in [0.1, 0.15) is 10.1 Å². The third-order valence-corrected chi connectivity index (χ3v) is 3.36. The fourth-order valence-electron chi connectivity index (χ4n) is 1.70. The molecular weight excluding hydrogens is 305 g/mol. The summed E-state index contributed by atoms with van der Waals surface area (Å²) in [6, 6.07) is 9.43. The zero-order valence-corrected chi connectivity index (χ0v) is 15.4. The Morgan fingerprint density at radius 3 is 2.20 bits per heavy atom. The van der Waals surface area contributed by atoms with Gasteiger partial charge in [0.15, 0.2) is 0 Å². The first kappa shape index (κ1) is 17.7. The molecule has 0 bridgehead atoms. The third-order valence-electron chi connectivity index (χ3n) is 2.46.